The molecule has 2 fully saturated rings. The van der Waals surface area contributed by atoms with E-state index in [1.807, 2.05) is 7.05 Å². The highest BCUT2D eigenvalue weighted by atomic mass is 16.5. The quantitative estimate of drug-likeness (QED) is 0.849. The van der Waals surface area contributed by atoms with Crippen molar-refractivity contribution in [3.8, 4) is 12.1 Å². The van der Waals surface area contributed by atoms with Crippen molar-refractivity contribution in [1.82, 2.24) is 15.0 Å². The van der Waals surface area contributed by atoms with Gasteiger partial charge in [0.2, 0.25) is 5.89 Å². The number of likely N-dealkylation sites (N-methyl/N-ethyl adjacent to an activating group) is 1. The lowest BCUT2D eigenvalue weighted by Crippen LogP contribution is -2.47. The van der Waals surface area contributed by atoms with Crippen molar-refractivity contribution in [3.63, 3.8) is 0 Å². The largest absolute Gasteiger partial charge is 0.366 e. The van der Waals surface area contributed by atoms with Gasteiger partial charge in [-0.25, -0.2) is 0 Å². The van der Waals surface area contributed by atoms with Gasteiger partial charge in [0.15, 0.2) is 5.82 Å². The van der Waals surface area contributed by atoms with Gasteiger partial charge in [-0.15, -0.1) is 0 Å². The van der Waals surface area contributed by atoms with Gasteiger partial charge in [0.1, 0.15) is 18.2 Å². The van der Waals surface area contributed by atoms with E-state index in [0.29, 0.717) is 35.2 Å². The molecule has 2 aromatic rings. The van der Waals surface area contributed by atoms with Crippen LogP contribution in [-0.2, 0) is 0 Å². The van der Waals surface area contributed by atoms with E-state index in [-0.39, 0.29) is 6.04 Å². The molecular formula is C18H18N6O. The van der Waals surface area contributed by atoms with E-state index in [0.717, 1.165) is 31.8 Å². The molecule has 4 rings (SSSR count). The minimum Gasteiger partial charge on any atom is -0.366 e. The molecule has 2 heterocycles. The summed E-state index contributed by atoms with van der Waals surface area (Å²) in [6.07, 6.45) is 2.26. The number of anilines is 1. The van der Waals surface area contributed by atoms with Crippen molar-refractivity contribution in [2.75, 3.05) is 31.6 Å². The maximum absolute atomic E-state index is 9.44. The Hall–Kier alpha value is -2.90. The summed E-state index contributed by atoms with van der Waals surface area (Å²) >= 11 is 0. The minimum absolute atomic E-state index is 0.0490. The lowest BCUT2D eigenvalue weighted by Gasteiger charge is -2.39. The van der Waals surface area contributed by atoms with Gasteiger partial charge in [0.25, 0.3) is 0 Å². The third kappa shape index (κ3) is 2.84. The summed E-state index contributed by atoms with van der Waals surface area (Å²) in [6.45, 7) is 2.14. The molecule has 7 nitrogen and oxygen atoms in total. The Morgan fingerprint density at radius 2 is 1.88 bits per heavy atom. The number of nitrogens with zero attached hydrogens (tertiary/aromatic N) is 6. The molecule has 1 aromatic carbocycles. The zero-order valence-electron chi connectivity index (χ0n) is 14.0. The highest BCUT2D eigenvalue weighted by Crippen LogP contribution is 2.39. The topological polar surface area (TPSA) is 93.0 Å². The fourth-order valence-electron chi connectivity index (χ4n) is 3.30. The van der Waals surface area contributed by atoms with Gasteiger partial charge in [-0.3, -0.25) is 4.90 Å². The molecule has 1 saturated heterocycles. The van der Waals surface area contributed by atoms with Gasteiger partial charge in [-0.1, -0.05) is 11.2 Å². The third-order valence-corrected chi connectivity index (χ3v) is 4.93. The smallest absolute Gasteiger partial charge is 0.245 e. The first-order valence-electron chi connectivity index (χ1n) is 8.43. The molecular weight excluding hydrogens is 316 g/mol. The van der Waals surface area contributed by atoms with Crippen LogP contribution in [0.1, 0.15) is 47.6 Å². The summed E-state index contributed by atoms with van der Waals surface area (Å²) in [5, 5.41) is 23.0. The van der Waals surface area contributed by atoms with Gasteiger partial charge in [0, 0.05) is 25.6 Å². The molecule has 0 bridgehead atoms. The van der Waals surface area contributed by atoms with E-state index in [1.54, 1.807) is 18.2 Å². The Labute approximate surface area is 146 Å². The predicted molar refractivity (Wildman–Crippen MR) is 89.7 cm³/mol. The number of rotatable bonds is 3. The second kappa shape index (κ2) is 6.19. The van der Waals surface area contributed by atoms with E-state index in [1.165, 1.54) is 0 Å². The third-order valence-electron chi connectivity index (χ3n) is 4.93. The molecule has 0 radical (unpaired) electrons. The van der Waals surface area contributed by atoms with Crippen LogP contribution >= 0.6 is 0 Å². The second-order valence-corrected chi connectivity index (χ2v) is 6.63. The Balaban J connectivity index is 1.65. The summed E-state index contributed by atoms with van der Waals surface area (Å²) in [5.41, 5.74) is 1.74. The Morgan fingerprint density at radius 1 is 1.16 bits per heavy atom. The van der Waals surface area contributed by atoms with E-state index < -0.39 is 0 Å². The maximum atomic E-state index is 9.44. The summed E-state index contributed by atoms with van der Waals surface area (Å²) in [5.74, 6) is 1.87. The first kappa shape index (κ1) is 15.6. The number of para-hydroxylation sites is 1. The van der Waals surface area contributed by atoms with E-state index >= 15 is 0 Å². The molecule has 1 unspecified atom stereocenters. The van der Waals surface area contributed by atoms with Crippen LogP contribution in [0.2, 0.25) is 0 Å². The van der Waals surface area contributed by atoms with Crippen molar-refractivity contribution in [3.05, 3.63) is 41.0 Å². The monoisotopic (exact) mass is 334 g/mol. The number of nitriles is 2. The zero-order chi connectivity index (χ0) is 17.4. The van der Waals surface area contributed by atoms with Crippen LogP contribution in [-0.4, -0.2) is 41.7 Å². The average molecular weight is 334 g/mol. The number of benzene rings is 1. The fourth-order valence-corrected chi connectivity index (χ4v) is 3.30. The molecule has 7 heteroatoms. The first-order valence-corrected chi connectivity index (χ1v) is 8.43. The molecule has 25 heavy (non-hydrogen) atoms. The number of piperazine rings is 1. The molecule has 1 atom stereocenters. The van der Waals surface area contributed by atoms with Crippen molar-refractivity contribution in [2.45, 2.75) is 24.8 Å². The highest BCUT2D eigenvalue weighted by molar-refractivity contribution is 5.68. The van der Waals surface area contributed by atoms with Gasteiger partial charge in [-0.2, -0.15) is 15.5 Å². The van der Waals surface area contributed by atoms with Crippen LogP contribution in [0.3, 0.4) is 0 Å². The molecule has 1 saturated carbocycles. The van der Waals surface area contributed by atoms with E-state index in [4.69, 9.17) is 4.52 Å². The van der Waals surface area contributed by atoms with Crippen LogP contribution < -0.4 is 4.90 Å². The highest BCUT2D eigenvalue weighted by Gasteiger charge is 2.34. The standard InChI is InChI=1S/C18H18N6O/c1-23-7-8-24(16-13(9-19)3-2-4-14(16)10-20)11-15(23)18-21-17(22-25-18)12-5-6-12/h2-4,12,15H,5-8,11H2,1H3. The average Bonchev–Trinajstić information content (AvgIpc) is 3.39. The molecule has 126 valence electrons. The van der Waals surface area contributed by atoms with Crippen LogP contribution in [0.4, 0.5) is 5.69 Å². The molecule has 1 aliphatic carbocycles. The number of aromatic nitrogens is 2. The predicted octanol–water partition coefficient (Wildman–Crippen LogP) is 2.18. The van der Waals surface area contributed by atoms with Gasteiger partial charge < -0.3 is 9.42 Å². The van der Waals surface area contributed by atoms with Crippen molar-refractivity contribution in [2.24, 2.45) is 0 Å². The van der Waals surface area contributed by atoms with Crippen LogP contribution in [0.25, 0.3) is 0 Å². The summed E-state index contributed by atoms with van der Waals surface area (Å²) in [7, 11) is 2.03. The second-order valence-electron chi connectivity index (χ2n) is 6.63. The Morgan fingerprint density at radius 3 is 2.52 bits per heavy atom. The molecule has 0 amide bonds. The normalized spacial score (nSPS) is 20.9. The zero-order valence-corrected chi connectivity index (χ0v) is 14.0. The molecule has 1 aliphatic heterocycles. The van der Waals surface area contributed by atoms with Crippen LogP contribution in [0.15, 0.2) is 22.7 Å². The molecule has 2 aliphatic rings. The lowest BCUT2D eigenvalue weighted by atomic mass is 10.0. The van der Waals surface area contributed by atoms with E-state index in [2.05, 4.69) is 32.1 Å². The van der Waals surface area contributed by atoms with E-state index in [9.17, 15) is 10.5 Å². The van der Waals surface area contributed by atoms with Gasteiger partial charge >= 0.3 is 0 Å². The Kier molecular flexibility index (Phi) is 3.87. The maximum Gasteiger partial charge on any atom is 0.245 e. The lowest BCUT2D eigenvalue weighted by molar-refractivity contribution is 0.177. The van der Waals surface area contributed by atoms with Gasteiger partial charge in [-0.05, 0) is 32.0 Å². The molecule has 1 aromatic heterocycles. The van der Waals surface area contributed by atoms with Crippen LogP contribution in [0, 0.1) is 22.7 Å². The molecule has 0 N–H and O–H groups in total. The summed E-state index contributed by atoms with van der Waals surface area (Å²) in [6, 6.07) is 9.60. The fraction of sp³-hybridized carbons (Fsp3) is 0.444. The van der Waals surface area contributed by atoms with Gasteiger partial charge in [0.05, 0.1) is 16.8 Å². The summed E-state index contributed by atoms with van der Waals surface area (Å²) in [4.78, 5) is 8.85. The van der Waals surface area contributed by atoms with Crippen molar-refractivity contribution < 1.29 is 4.52 Å². The SMILES string of the molecule is CN1CCN(c2c(C#N)cccc2C#N)CC1c1nc(C2CC2)no1. The minimum atomic E-state index is -0.0490. The van der Waals surface area contributed by atoms with Crippen LogP contribution in [0.5, 0.6) is 0 Å². The molecule has 0 spiro atoms. The van der Waals surface area contributed by atoms with Crippen molar-refractivity contribution in [1.29, 1.82) is 10.5 Å². The Bertz CT molecular complexity index is 840. The summed E-state index contributed by atoms with van der Waals surface area (Å²) < 4.78 is 5.51. The first-order chi connectivity index (χ1) is 12.2. The number of hydrogen-bond acceptors (Lipinski definition) is 7. The number of hydrogen-bond donors (Lipinski definition) is 0. The van der Waals surface area contributed by atoms with Crippen molar-refractivity contribution >= 4 is 5.69 Å².